The van der Waals surface area contributed by atoms with Gasteiger partial charge in [0, 0.05) is 19.3 Å². The molecule has 0 radical (unpaired) electrons. The number of hydrogen-bond donors (Lipinski definition) is 1. The van der Waals surface area contributed by atoms with E-state index in [0.717, 1.165) is 0 Å². The van der Waals surface area contributed by atoms with Gasteiger partial charge in [-0.3, -0.25) is 9.59 Å². The summed E-state index contributed by atoms with van der Waals surface area (Å²) in [5, 5.41) is 13.1. The van der Waals surface area contributed by atoms with Gasteiger partial charge in [-0.25, -0.2) is 14.6 Å². The second-order valence-electron chi connectivity index (χ2n) is 5.38. The van der Waals surface area contributed by atoms with Crippen molar-refractivity contribution in [3.05, 3.63) is 36.5 Å². The first-order valence-corrected chi connectivity index (χ1v) is 6.89. The first kappa shape index (κ1) is 14.2. The Kier molecular flexibility index (Phi) is 3.58. The second-order valence-corrected chi connectivity index (χ2v) is 5.38. The number of carboxylic acid groups (broad SMARTS) is 1. The number of amides is 1. The fraction of sp³-hybridized carbons (Fsp3) is 0.357. The Morgan fingerprint density at radius 1 is 1.32 bits per heavy atom. The Bertz CT molecular complexity index is 683. The maximum Gasteiger partial charge on any atom is 0.308 e. The van der Waals surface area contributed by atoms with Crippen molar-refractivity contribution in [2.45, 2.75) is 6.92 Å². The SMILES string of the molecule is C[C@@H]1CN(C(=O)c2ccc(-n3cncn3)nc2)C[C@H]1C(=O)O. The lowest BCUT2D eigenvalue weighted by Gasteiger charge is -2.15. The molecular weight excluding hydrogens is 286 g/mol. The van der Waals surface area contributed by atoms with Gasteiger partial charge in [-0.15, -0.1) is 0 Å². The zero-order valence-electron chi connectivity index (χ0n) is 12.0. The van der Waals surface area contributed by atoms with Gasteiger partial charge in [-0.2, -0.15) is 5.10 Å². The first-order chi connectivity index (χ1) is 10.6. The van der Waals surface area contributed by atoms with E-state index in [1.54, 1.807) is 17.0 Å². The minimum absolute atomic E-state index is 0.0520. The summed E-state index contributed by atoms with van der Waals surface area (Å²) in [7, 11) is 0. The summed E-state index contributed by atoms with van der Waals surface area (Å²) < 4.78 is 1.49. The zero-order valence-corrected chi connectivity index (χ0v) is 12.0. The molecule has 0 bridgehead atoms. The van der Waals surface area contributed by atoms with E-state index >= 15 is 0 Å². The molecule has 0 spiro atoms. The van der Waals surface area contributed by atoms with E-state index in [0.29, 0.717) is 17.9 Å². The Labute approximate surface area is 126 Å². The molecule has 1 fully saturated rings. The Morgan fingerprint density at radius 3 is 2.68 bits per heavy atom. The summed E-state index contributed by atoms with van der Waals surface area (Å²) in [6.45, 7) is 2.53. The van der Waals surface area contributed by atoms with Crippen LogP contribution >= 0.6 is 0 Å². The zero-order chi connectivity index (χ0) is 15.7. The topological polar surface area (TPSA) is 101 Å². The number of carboxylic acids is 1. The highest BCUT2D eigenvalue weighted by Gasteiger charge is 2.37. The summed E-state index contributed by atoms with van der Waals surface area (Å²) in [5.41, 5.74) is 0.433. The van der Waals surface area contributed by atoms with Crippen molar-refractivity contribution in [3.8, 4) is 5.82 Å². The van der Waals surface area contributed by atoms with Crippen LogP contribution in [0.1, 0.15) is 17.3 Å². The number of pyridine rings is 1. The molecule has 3 heterocycles. The number of hydrogen-bond acceptors (Lipinski definition) is 5. The number of aliphatic carboxylic acids is 1. The molecule has 22 heavy (non-hydrogen) atoms. The number of carbonyl (C=O) groups excluding carboxylic acids is 1. The average molecular weight is 301 g/mol. The van der Waals surface area contributed by atoms with Crippen molar-refractivity contribution in [2.24, 2.45) is 11.8 Å². The van der Waals surface area contributed by atoms with Gasteiger partial charge in [0.2, 0.25) is 0 Å². The number of nitrogens with zero attached hydrogens (tertiary/aromatic N) is 5. The Balaban J connectivity index is 1.74. The molecule has 114 valence electrons. The third-order valence-electron chi connectivity index (χ3n) is 3.87. The molecule has 0 aromatic carbocycles. The van der Waals surface area contributed by atoms with Crippen LogP contribution in [-0.2, 0) is 4.79 Å². The lowest BCUT2D eigenvalue weighted by atomic mass is 9.99. The summed E-state index contributed by atoms with van der Waals surface area (Å²) in [4.78, 5) is 33.1. The summed E-state index contributed by atoms with van der Waals surface area (Å²) in [6, 6.07) is 3.33. The monoisotopic (exact) mass is 301 g/mol. The van der Waals surface area contributed by atoms with Gasteiger partial charge < -0.3 is 10.0 Å². The van der Waals surface area contributed by atoms with Crippen molar-refractivity contribution in [3.63, 3.8) is 0 Å². The van der Waals surface area contributed by atoms with E-state index < -0.39 is 11.9 Å². The van der Waals surface area contributed by atoms with Crippen molar-refractivity contribution < 1.29 is 14.7 Å². The summed E-state index contributed by atoms with van der Waals surface area (Å²) >= 11 is 0. The fourth-order valence-corrected chi connectivity index (χ4v) is 2.61. The molecule has 1 amide bonds. The van der Waals surface area contributed by atoms with E-state index in [-0.39, 0.29) is 18.4 Å². The van der Waals surface area contributed by atoms with Gasteiger partial charge in [0.15, 0.2) is 5.82 Å². The van der Waals surface area contributed by atoms with Crippen LogP contribution in [0.5, 0.6) is 0 Å². The minimum Gasteiger partial charge on any atom is -0.481 e. The molecule has 2 aromatic rings. The van der Waals surface area contributed by atoms with Crippen molar-refractivity contribution in [2.75, 3.05) is 13.1 Å². The van der Waals surface area contributed by atoms with E-state index in [1.165, 1.54) is 23.5 Å². The molecule has 2 atom stereocenters. The molecule has 1 saturated heterocycles. The summed E-state index contributed by atoms with van der Waals surface area (Å²) in [6.07, 6.45) is 4.39. The molecular formula is C14H15N5O3. The van der Waals surface area contributed by atoms with Crippen LogP contribution in [0, 0.1) is 11.8 Å². The molecule has 1 N–H and O–H groups in total. The molecule has 0 saturated carbocycles. The highest BCUT2D eigenvalue weighted by molar-refractivity contribution is 5.94. The van der Waals surface area contributed by atoms with Gasteiger partial charge in [0.1, 0.15) is 12.7 Å². The largest absolute Gasteiger partial charge is 0.481 e. The maximum atomic E-state index is 12.4. The quantitative estimate of drug-likeness (QED) is 0.883. The van der Waals surface area contributed by atoms with E-state index in [2.05, 4.69) is 15.1 Å². The summed E-state index contributed by atoms with van der Waals surface area (Å²) in [5.74, 6) is -1.06. The molecule has 8 heteroatoms. The molecule has 1 aliphatic heterocycles. The lowest BCUT2D eigenvalue weighted by Crippen LogP contribution is -2.30. The predicted octanol–water partition coefficient (Wildman–Crippen LogP) is 0.455. The number of likely N-dealkylation sites (tertiary alicyclic amines) is 1. The highest BCUT2D eigenvalue weighted by Crippen LogP contribution is 2.24. The van der Waals surface area contributed by atoms with E-state index in [9.17, 15) is 9.59 Å². The van der Waals surface area contributed by atoms with E-state index in [4.69, 9.17) is 5.11 Å². The normalized spacial score (nSPS) is 21.0. The van der Waals surface area contributed by atoms with Gasteiger partial charge in [-0.1, -0.05) is 6.92 Å². The highest BCUT2D eigenvalue weighted by atomic mass is 16.4. The van der Waals surface area contributed by atoms with Gasteiger partial charge >= 0.3 is 5.97 Å². The van der Waals surface area contributed by atoms with Crippen LogP contribution in [0.2, 0.25) is 0 Å². The Hall–Kier alpha value is -2.77. The Morgan fingerprint density at radius 2 is 2.14 bits per heavy atom. The smallest absolute Gasteiger partial charge is 0.308 e. The number of rotatable bonds is 3. The van der Waals surface area contributed by atoms with Crippen LogP contribution in [0.3, 0.4) is 0 Å². The third kappa shape index (κ3) is 2.54. The maximum absolute atomic E-state index is 12.4. The molecule has 8 nitrogen and oxygen atoms in total. The molecule has 1 aliphatic rings. The molecule has 3 rings (SSSR count). The molecule has 2 aromatic heterocycles. The van der Waals surface area contributed by atoms with Gasteiger partial charge in [0.25, 0.3) is 5.91 Å². The van der Waals surface area contributed by atoms with E-state index in [1.807, 2.05) is 6.92 Å². The van der Waals surface area contributed by atoms with Crippen LogP contribution in [0.25, 0.3) is 5.82 Å². The van der Waals surface area contributed by atoms with Crippen molar-refractivity contribution >= 4 is 11.9 Å². The standard InChI is InChI=1S/C14H15N5O3/c1-9-5-18(6-11(9)14(21)22)13(20)10-2-3-12(16-4-10)19-8-15-7-17-19/h2-4,7-9,11H,5-6H2,1H3,(H,21,22)/t9-,11-/m1/s1. The second kappa shape index (κ2) is 5.55. The van der Waals surface area contributed by atoms with Crippen molar-refractivity contribution in [1.29, 1.82) is 0 Å². The van der Waals surface area contributed by atoms with Crippen LogP contribution in [0.15, 0.2) is 31.0 Å². The van der Waals surface area contributed by atoms with Crippen LogP contribution in [0.4, 0.5) is 0 Å². The molecule has 0 aliphatic carbocycles. The lowest BCUT2D eigenvalue weighted by molar-refractivity contribution is -0.142. The minimum atomic E-state index is -0.859. The predicted molar refractivity (Wildman–Crippen MR) is 75.3 cm³/mol. The third-order valence-corrected chi connectivity index (χ3v) is 3.87. The number of carbonyl (C=O) groups is 2. The van der Waals surface area contributed by atoms with Crippen LogP contribution in [-0.4, -0.2) is 54.7 Å². The number of aromatic nitrogens is 4. The van der Waals surface area contributed by atoms with Crippen LogP contribution < -0.4 is 0 Å². The molecule has 0 unspecified atom stereocenters. The first-order valence-electron chi connectivity index (χ1n) is 6.89. The fourth-order valence-electron chi connectivity index (χ4n) is 2.61. The van der Waals surface area contributed by atoms with Crippen molar-refractivity contribution in [1.82, 2.24) is 24.6 Å². The van der Waals surface area contributed by atoms with Gasteiger partial charge in [0.05, 0.1) is 11.5 Å². The average Bonchev–Trinajstić information content (AvgIpc) is 3.16. The van der Waals surface area contributed by atoms with Gasteiger partial charge in [-0.05, 0) is 18.1 Å².